The van der Waals surface area contributed by atoms with E-state index in [1.165, 1.54) is 43.2 Å². The molecule has 2 radical (unpaired) electrons. The van der Waals surface area contributed by atoms with Gasteiger partial charge in [-0.1, -0.05) is 99.7 Å². The van der Waals surface area contributed by atoms with Gasteiger partial charge in [0.15, 0.2) is 0 Å². The first kappa shape index (κ1) is 15.9. The predicted molar refractivity (Wildman–Crippen MR) is 92.8 cm³/mol. The zero-order valence-electron chi connectivity index (χ0n) is 13.1. The average molecular weight is 276 g/mol. The SMILES string of the molecule is [B]C(CCCCCCC)(c1ccccc1)c1ccccc1. The van der Waals surface area contributed by atoms with Crippen molar-refractivity contribution < 1.29 is 0 Å². The van der Waals surface area contributed by atoms with Gasteiger partial charge in [-0.05, 0) is 22.9 Å². The summed E-state index contributed by atoms with van der Waals surface area (Å²) in [4.78, 5) is 0. The minimum absolute atomic E-state index is 0.366. The molecule has 0 aliphatic carbocycles. The lowest BCUT2D eigenvalue weighted by Crippen LogP contribution is -2.28. The average Bonchev–Trinajstić information content (AvgIpc) is 2.56. The number of benzene rings is 2. The molecule has 0 bridgehead atoms. The molecular weight excluding hydrogens is 251 g/mol. The zero-order chi connectivity index (χ0) is 15.0. The molecule has 0 fully saturated rings. The van der Waals surface area contributed by atoms with E-state index in [1.807, 2.05) is 0 Å². The van der Waals surface area contributed by atoms with E-state index in [1.54, 1.807) is 0 Å². The van der Waals surface area contributed by atoms with Crippen LogP contribution in [0.5, 0.6) is 0 Å². The summed E-state index contributed by atoms with van der Waals surface area (Å²) in [6.45, 7) is 2.25. The molecule has 2 aromatic carbocycles. The highest BCUT2D eigenvalue weighted by Crippen LogP contribution is 2.34. The molecule has 0 saturated heterocycles. The van der Waals surface area contributed by atoms with Crippen LogP contribution in [0.25, 0.3) is 0 Å². The second-order valence-corrected chi connectivity index (χ2v) is 5.87. The molecule has 0 unspecified atom stereocenters. The smallest absolute Gasteiger partial charge is 0.0654 e. The van der Waals surface area contributed by atoms with Gasteiger partial charge in [-0.2, -0.15) is 0 Å². The van der Waals surface area contributed by atoms with E-state index in [-0.39, 0.29) is 5.31 Å². The molecule has 1 heteroatoms. The van der Waals surface area contributed by atoms with Crippen LogP contribution in [0.15, 0.2) is 60.7 Å². The van der Waals surface area contributed by atoms with Crippen molar-refractivity contribution in [2.75, 3.05) is 0 Å². The third kappa shape index (κ3) is 4.23. The quantitative estimate of drug-likeness (QED) is 0.443. The molecule has 0 aliphatic heterocycles. The highest BCUT2D eigenvalue weighted by Gasteiger charge is 2.27. The minimum atomic E-state index is -0.366. The second-order valence-electron chi connectivity index (χ2n) is 5.87. The Balaban J connectivity index is 2.15. The third-order valence-corrected chi connectivity index (χ3v) is 4.25. The summed E-state index contributed by atoms with van der Waals surface area (Å²) in [5.74, 6) is 0. The van der Waals surface area contributed by atoms with E-state index in [0.29, 0.717) is 0 Å². The Morgan fingerprint density at radius 3 is 1.67 bits per heavy atom. The molecule has 0 N–H and O–H groups in total. The molecule has 0 saturated carbocycles. The molecule has 0 atom stereocenters. The van der Waals surface area contributed by atoms with Crippen LogP contribution in [0, 0.1) is 0 Å². The van der Waals surface area contributed by atoms with Crippen molar-refractivity contribution in [3.63, 3.8) is 0 Å². The molecule has 2 rings (SSSR count). The molecular formula is C20H25B. The van der Waals surface area contributed by atoms with Gasteiger partial charge in [-0.25, -0.2) is 0 Å². The van der Waals surface area contributed by atoms with Crippen LogP contribution < -0.4 is 0 Å². The molecule has 0 amide bonds. The van der Waals surface area contributed by atoms with Crippen molar-refractivity contribution >= 4 is 7.85 Å². The van der Waals surface area contributed by atoms with Crippen molar-refractivity contribution in [1.29, 1.82) is 0 Å². The highest BCUT2D eigenvalue weighted by molar-refractivity contribution is 6.18. The van der Waals surface area contributed by atoms with Gasteiger partial charge in [0.25, 0.3) is 0 Å². The first-order valence-corrected chi connectivity index (χ1v) is 8.17. The monoisotopic (exact) mass is 276 g/mol. The number of rotatable bonds is 8. The van der Waals surface area contributed by atoms with Crippen LogP contribution in [0.1, 0.15) is 56.6 Å². The maximum atomic E-state index is 6.86. The van der Waals surface area contributed by atoms with Crippen LogP contribution in [0.2, 0.25) is 0 Å². The van der Waals surface area contributed by atoms with Crippen LogP contribution in [0.4, 0.5) is 0 Å². The fourth-order valence-electron chi connectivity index (χ4n) is 2.93. The predicted octanol–water partition coefficient (Wildman–Crippen LogP) is 5.46. The van der Waals surface area contributed by atoms with Gasteiger partial charge >= 0.3 is 0 Å². The molecule has 0 aromatic heterocycles. The Morgan fingerprint density at radius 2 is 1.19 bits per heavy atom. The number of hydrogen-bond donors (Lipinski definition) is 0. The van der Waals surface area contributed by atoms with Crippen molar-refractivity contribution in [3.8, 4) is 0 Å². The van der Waals surface area contributed by atoms with Crippen molar-refractivity contribution in [1.82, 2.24) is 0 Å². The summed E-state index contributed by atoms with van der Waals surface area (Å²) in [5, 5.41) is -0.366. The van der Waals surface area contributed by atoms with E-state index >= 15 is 0 Å². The molecule has 0 heterocycles. The van der Waals surface area contributed by atoms with Gasteiger partial charge in [-0.15, -0.1) is 0 Å². The fourth-order valence-corrected chi connectivity index (χ4v) is 2.93. The second kappa shape index (κ2) is 8.07. The maximum Gasteiger partial charge on any atom is 0.0875 e. The molecule has 108 valence electrons. The van der Waals surface area contributed by atoms with Crippen LogP contribution in [-0.2, 0) is 5.31 Å². The van der Waals surface area contributed by atoms with E-state index in [0.717, 1.165) is 6.42 Å². The van der Waals surface area contributed by atoms with E-state index in [4.69, 9.17) is 7.85 Å². The number of hydrogen-bond acceptors (Lipinski definition) is 0. The van der Waals surface area contributed by atoms with E-state index < -0.39 is 0 Å². The van der Waals surface area contributed by atoms with Gasteiger partial charge < -0.3 is 0 Å². The lowest BCUT2D eigenvalue weighted by Gasteiger charge is -2.32. The Kier molecular flexibility index (Phi) is 6.11. The normalized spacial score (nSPS) is 11.5. The number of unbranched alkanes of at least 4 members (excludes halogenated alkanes) is 4. The Hall–Kier alpha value is -1.50. The summed E-state index contributed by atoms with van der Waals surface area (Å²) in [5.41, 5.74) is 2.43. The van der Waals surface area contributed by atoms with Gasteiger partial charge in [0.1, 0.15) is 0 Å². The van der Waals surface area contributed by atoms with Gasteiger partial charge in [-0.3, -0.25) is 0 Å². The Morgan fingerprint density at radius 1 is 0.714 bits per heavy atom. The molecule has 0 aliphatic rings. The Bertz CT molecular complexity index is 464. The molecule has 0 spiro atoms. The van der Waals surface area contributed by atoms with Crippen molar-refractivity contribution in [2.45, 2.75) is 50.8 Å². The van der Waals surface area contributed by atoms with E-state index in [9.17, 15) is 0 Å². The van der Waals surface area contributed by atoms with Crippen LogP contribution >= 0.6 is 0 Å². The first-order chi connectivity index (χ1) is 10.3. The third-order valence-electron chi connectivity index (χ3n) is 4.25. The van der Waals surface area contributed by atoms with Gasteiger partial charge in [0, 0.05) is 0 Å². The summed E-state index contributed by atoms with van der Waals surface area (Å²) in [7, 11) is 6.86. The van der Waals surface area contributed by atoms with Crippen LogP contribution in [-0.4, -0.2) is 7.85 Å². The topological polar surface area (TPSA) is 0 Å². The minimum Gasteiger partial charge on any atom is -0.0654 e. The largest absolute Gasteiger partial charge is 0.0875 e. The van der Waals surface area contributed by atoms with Crippen molar-refractivity contribution in [3.05, 3.63) is 71.8 Å². The summed E-state index contributed by atoms with van der Waals surface area (Å²) >= 11 is 0. The van der Waals surface area contributed by atoms with Crippen molar-refractivity contribution in [2.24, 2.45) is 0 Å². The summed E-state index contributed by atoms with van der Waals surface area (Å²) in [6.07, 6.45) is 7.38. The molecule has 0 nitrogen and oxygen atoms in total. The zero-order valence-corrected chi connectivity index (χ0v) is 13.1. The van der Waals surface area contributed by atoms with Crippen LogP contribution in [0.3, 0.4) is 0 Å². The maximum absolute atomic E-state index is 6.86. The first-order valence-electron chi connectivity index (χ1n) is 8.17. The van der Waals surface area contributed by atoms with E-state index in [2.05, 4.69) is 67.6 Å². The molecule has 2 aromatic rings. The fraction of sp³-hybridized carbons (Fsp3) is 0.400. The summed E-state index contributed by atoms with van der Waals surface area (Å²) in [6, 6.07) is 21.0. The summed E-state index contributed by atoms with van der Waals surface area (Å²) < 4.78 is 0. The lowest BCUT2D eigenvalue weighted by molar-refractivity contribution is 0.551. The van der Waals surface area contributed by atoms with Gasteiger partial charge in [0.05, 0.1) is 7.85 Å². The lowest BCUT2D eigenvalue weighted by atomic mass is 9.57. The molecule has 21 heavy (non-hydrogen) atoms. The Labute approximate surface area is 131 Å². The highest BCUT2D eigenvalue weighted by atomic mass is 14.3. The standard InChI is InChI=1S/C20H25B/c1-2-3-4-5-12-17-20(21,18-13-8-6-9-14-18)19-15-10-7-11-16-19/h6-11,13-16H,2-5,12,17H2,1H3. The van der Waals surface area contributed by atoms with Gasteiger partial charge in [0.2, 0.25) is 0 Å².